The van der Waals surface area contributed by atoms with E-state index in [0.29, 0.717) is 18.7 Å². The summed E-state index contributed by atoms with van der Waals surface area (Å²) in [6.45, 7) is 0.587. The molecule has 5 heteroatoms. The van der Waals surface area contributed by atoms with Crippen molar-refractivity contribution in [1.29, 1.82) is 0 Å². The minimum Gasteiger partial charge on any atom is -0.363 e. The van der Waals surface area contributed by atoms with Gasteiger partial charge in [0.25, 0.3) is 0 Å². The Labute approximate surface area is 101 Å². The summed E-state index contributed by atoms with van der Waals surface area (Å²) in [5.41, 5.74) is 6.46. The molecule has 0 spiro atoms. The van der Waals surface area contributed by atoms with Crippen molar-refractivity contribution < 1.29 is 9.32 Å². The highest BCUT2D eigenvalue weighted by Gasteiger charge is 2.32. The molecule has 0 aliphatic heterocycles. The molecular formula is C12H19N3O2. The molecule has 17 heavy (non-hydrogen) atoms. The highest BCUT2D eigenvalue weighted by atomic mass is 16.5. The quantitative estimate of drug-likeness (QED) is 0.838. The van der Waals surface area contributed by atoms with Crippen molar-refractivity contribution in [3.63, 3.8) is 0 Å². The fourth-order valence-electron chi connectivity index (χ4n) is 2.57. The molecule has 3 N–H and O–H groups in total. The molecule has 1 aliphatic rings. The van der Waals surface area contributed by atoms with Crippen LogP contribution in [0.5, 0.6) is 0 Å². The van der Waals surface area contributed by atoms with Crippen LogP contribution in [0.4, 0.5) is 5.69 Å². The first-order chi connectivity index (χ1) is 8.24. The molecule has 0 saturated heterocycles. The average molecular weight is 237 g/mol. The second-order valence-corrected chi connectivity index (χ2v) is 4.90. The number of nitrogens with two attached hydrogens (primary N) is 1. The molecule has 1 fully saturated rings. The monoisotopic (exact) mass is 237 g/mol. The molecule has 1 aromatic heterocycles. The lowest BCUT2D eigenvalue weighted by Crippen LogP contribution is -2.36. The van der Waals surface area contributed by atoms with E-state index in [9.17, 15) is 4.79 Å². The molecule has 0 atom stereocenters. The molecule has 0 unspecified atom stereocenters. The van der Waals surface area contributed by atoms with Crippen LogP contribution in [0.3, 0.4) is 0 Å². The maximum Gasteiger partial charge on any atom is 0.225 e. The molecule has 5 nitrogen and oxygen atoms in total. The smallest absolute Gasteiger partial charge is 0.225 e. The third kappa shape index (κ3) is 3.06. The number of carbonyl (C=O) groups excluding carboxylic acids is 1. The number of hydrogen-bond acceptors (Lipinski definition) is 4. The van der Waals surface area contributed by atoms with E-state index in [1.54, 1.807) is 0 Å². The number of nitrogens with zero attached hydrogens (tertiary/aromatic N) is 1. The average Bonchev–Trinajstić information content (AvgIpc) is 2.83. The van der Waals surface area contributed by atoms with Crippen LogP contribution in [0.25, 0.3) is 0 Å². The number of rotatable bonds is 4. The highest BCUT2D eigenvalue weighted by Crippen LogP contribution is 2.38. The standard InChI is InChI=1S/C12H19N3O2/c13-9-12(4-2-1-3-5-12)6-11(16)15-10-7-14-17-8-10/h7-8H,1-6,9,13H2,(H,15,16). The van der Waals surface area contributed by atoms with Gasteiger partial charge in [-0.25, -0.2) is 0 Å². The molecule has 0 radical (unpaired) electrons. The first kappa shape index (κ1) is 12.1. The van der Waals surface area contributed by atoms with Gasteiger partial charge >= 0.3 is 0 Å². The summed E-state index contributed by atoms with van der Waals surface area (Å²) in [6, 6.07) is 0. The molecule has 94 valence electrons. The predicted octanol–water partition coefficient (Wildman–Crippen LogP) is 1.91. The lowest BCUT2D eigenvalue weighted by atomic mass is 9.71. The third-order valence-corrected chi connectivity index (χ3v) is 3.60. The van der Waals surface area contributed by atoms with Gasteiger partial charge in [-0.1, -0.05) is 24.4 Å². The van der Waals surface area contributed by atoms with Crippen LogP contribution in [0.1, 0.15) is 38.5 Å². The van der Waals surface area contributed by atoms with Gasteiger partial charge in [0.15, 0.2) is 0 Å². The molecule has 0 bridgehead atoms. The Morgan fingerprint density at radius 2 is 2.24 bits per heavy atom. The van der Waals surface area contributed by atoms with Crippen molar-refractivity contribution in [2.45, 2.75) is 38.5 Å². The van der Waals surface area contributed by atoms with Crippen LogP contribution in [-0.4, -0.2) is 17.6 Å². The maximum absolute atomic E-state index is 11.9. The van der Waals surface area contributed by atoms with Crippen molar-refractivity contribution >= 4 is 11.6 Å². The van der Waals surface area contributed by atoms with Gasteiger partial charge in [-0.05, 0) is 24.8 Å². The zero-order valence-electron chi connectivity index (χ0n) is 9.95. The molecule has 1 aromatic rings. The number of hydrogen-bond donors (Lipinski definition) is 2. The zero-order valence-corrected chi connectivity index (χ0v) is 9.95. The van der Waals surface area contributed by atoms with Crippen LogP contribution in [-0.2, 0) is 4.79 Å². The Hall–Kier alpha value is -1.36. The van der Waals surface area contributed by atoms with Crippen molar-refractivity contribution in [1.82, 2.24) is 5.16 Å². The van der Waals surface area contributed by atoms with Crippen LogP contribution < -0.4 is 11.1 Å². The van der Waals surface area contributed by atoms with Crippen molar-refractivity contribution in [3.05, 3.63) is 12.5 Å². The van der Waals surface area contributed by atoms with E-state index >= 15 is 0 Å². The summed E-state index contributed by atoms with van der Waals surface area (Å²) in [7, 11) is 0. The van der Waals surface area contributed by atoms with Crippen LogP contribution in [0.15, 0.2) is 17.0 Å². The van der Waals surface area contributed by atoms with E-state index in [-0.39, 0.29) is 11.3 Å². The zero-order chi connectivity index (χ0) is 12.1. The minimum absolute atomic E-state index is 0.000498. The van der Waals surface area contributed by atoms with Crippen molar-refractivity contribution in [2.75, 3.05) is 11.9 Å². The Bertz CT molecular complexity index is 356. The lowest BCUT2D eigenvalue weighted by Gasteiger charge is -2.35. The fourth-order valence-corrected chi connectivity index (χ4v) is 2.57. The summed E-state index contributed by atoms with van der Waals surface area (Å²) in [5, 5.41) is 6.32. The number of nitrogens with one attached hydrogen (secondary N) is 1. The predicted molar refractivity (Wildman–Crippen MR) is 64.3 cm³/mol. The van der Waals surface area contributed by atoms with Gasteiger partial charge in [0.1, 0.15) is 12.0 Å². The number of anilines is 1. The number of aromatic nitrogens is 1. The van der Waals surface area contributed by atoms with E-state index in [4.69, 9.17) is 5.73 Å². The summed E-state index contributed by atoms with van der Waals surface area (Å²) >= 11 is 0. The van der Waals surface area contributed by atoms with Gasteiger partial charge in [-0.3, -0.25) is 4.79 Å². The number of carbonyl (C=O) groups is 1. The molecule has 2 rings (SSSR count). The Morgan fingerprint density at radius 1 is 1.47 bits per heavy atom. The topological polar surface area (TPSA) is 81.2 Å². The SMILES string of the molecule is NCC1(CC(=O)Nc2cnoc2)CCCCC1. The summed E-state index contributed by atoms with van der Waals surface area (Å²) in [4.78, 5) is 11.9. The minimum atomic E-state index is -0.000498. The Morgan fingerprint density at radius 3 is 2.82 bits per heavy atom. The van der Waals surface area contributed by atoms with Gasteiger partial charge in [-0.2, -0.15) is 0 Å². The Kier molecular flexibility index (Phi) is 3.78. The normalized spacial score (nSPS) is 18.9. The second kappa shape index (κ2) is 5.31. The van der Waals surface area contributed by atoms with E-state index < -0.39 is 0 Å². The fraction of sp³-hybridized carbons (Fsp3) is 0.667. The molecule has 1 heterocycles. The van der Waals surface area contributed by atoms with Crippen molar-refractivity contribution in [3.8, 4) is 0 Å². The largest absolute Gasteiger partial charge is 0.363 e. The van der Waals surface area contributed by atoms with E-state index in [0.717, 1.165) is 12.8 Å². The van der Waals surface area contributed by atoms with E-state index in [1.807, 2.05) is 0 Å². The van der Waals surface area contributed by atoms with Gasteiger partial charge in [0, 0.05) is 6.42 Å². The van der Waals surface area contributed by atoms with Crippen LogP contribution >= 0.6 is 0 Å². The third-order valence-electron chi connectivity index (χ3n) is 3.60. The van der Waals surface area contributed by atoms with Gasteiger partial charge < -0.3 is 15.6 Å². The summed E-state index contributed by atoms with van der Waals surface area (Å²) < 4.78 is 4.67. The van der Waals surface area contributed by atoms with E-state index in [1.165, 1.54) is 31.7 Å². The summed E-state index contributed by atoms with van der Waals surface area (Å²) in [5.74, 6) is 0.000509. The Balaban J connectivity index is 1.91. The maximum atomic E-state index is 11.9. The molecular weight excluding hydrogens is 218 g/mol. The van der Waals surface area contributed by atoms with Crippen LogP contribution in [0, 0.1) is 5.41 Å². The first-order valence-electron chi connectivity index (χ1n) is 6.13. The first-order valence-corrected chi connectivity index (χ1v) is 6.13. The second-order valence-electron chi connectivity index (χ2n) is 4.90. The van der Waals surface area contributed by atoms with Gasteiger partial charge in [0.2, 0.25) is 5.91 Å². The number of amides is 1. The lowest BCUT2D eigenvalue weighted by molar-refractivity contribution is -0.118. The van der Waals surface area contributed by atoms with Gasteiger partial charge in [-0.15, -0.1) is 0 Å². The van der Waals surface area contributed by atoms with Crippen LogP contribution in [0.2, 0.25) is 0 Å². The molecule has 1 amide bonds. The van der Waals surface area contributed by atoms with E-state index in [2.05, 4.69) is 15.0 Å². The summed E-state index contributed by atoms with van der Waals surface area (Å²) in [6.07, 6.45) is 9.14. The molecule has 0 aromatic carbocycles. The van der Waals surface area contributed by atoms with Crippen molar-refractivity contribution in [2.24, 2.45) is 11.1 Å². The molecule has 1 aliphatic carbocycles. The van der Waals surface area contributed by atoms with Gasteiger partial charge in [0.05, 0.1) is 6.20 Å². The highest BCUT2D eigenvalue weighted by molar-refractivity contribution is 5.90. The molecule has 1 saturated carbocycles.